The minimum atomic E-state index is -0.293. The van der Waals surface area contributed by atoms with E-state index in [4.69, 9.17) is 5.11 Å². The molecule has 0 aromatic heterocycles. The number of nitrogens with one attached hydrogen (secondary N) is 1. The summed E-state index contributed by atoms with van der Waals surface area (Å²) in [4.78, 5) is 12.5. The SMILES string of the molecule is CC(C)(CO)CNC(=O)c1ccc(S)cc1. The fraction of sp³-hybridized carbons (Fsp3) is 0.417. The van der Waals surface area contributed by atoms with Crippen LogP contribution in [0.5, 0.6) is 0 Å². The first-order chi connectivity index (χ1) is 7.44. The van der Waals surface area contributed by atoms with E-state index in [0.717, 1.165) is 4.90 Å². The van der Waals surface area contributed by atoms with Crippen LogP contribution in [-0.4, -0.2) is 24.2 Å². The lowest BCUT2D eigenvalue weighted by molar-refractivity contribution is 0.0911. The van der Waals surface area contributed by atoms with Crippen molar-refractivity contribution in [3.63, 3.8) is 0 Å². The maximum Gasteiger partial charge on any atom is 0.251 e. The molecule has 0 fully saturated rings. The third-order valence-electron chi connectivity index (χ3n) is 2.29. The average molecular weight is 239 g/mol. The summed E-state index contributed by atoms with van der Waals surface area (Å²) in [6, 6.07) is 7.00. The lowest BCUT2D eigenvalue weighted by atomic mass is 9.95. The molecule has 0 saturated carbocycles. The van der Waals surface area contributed by atoms with Crippen molar-refractivity contribution in [1.82, 2.24) is 5.32 Å². The van der Waals surface area contributed by atoms with Crippen LogP contribution < -0.4 is 5.32 Å². The molecule has 1 aromatic rings. The molecule has 0 bridgehead atoms. The summed E-state index contributed by atoms with van der Waals surface area (Å²) in [6.07, 6.45) is 0. The highest BCUT2D eigenvalue weighted by Crippen LogP contribution is 2.12. The fourth-order valence-electron chi connectivity index (χ4n) is 1.09. The fourth-order valence-corrected chi connectivity index (χ4v) is 1.24. The Morgan fingerprint density at radius 2 is 1.94 bits per heavy atom. The molecule has 0 unspecified atom stereocenters. The van der Waals surface area contributed by atoms with Crippen LogP contribution in [0.25, 0.3) is 0 Å². The number of carbonyl (C=O) groups is 1. The van der Waals surface area contributed by atoms with Crippen LogP contribution in [0.15, 0.2) is 29.2 Å². The van der Waals surface area contributed by atoms with Gasteiger partial charge in [-0.15, -0.1) is 12.6 Å². The number of aliphatic hydroxyl groups excluding tert-OH is 1. The van der Waals surface area contributed by atoms with Gasteiger partial charge >= 0.3 is 0 Å². The van der Waals surface area contributed by atoms with Gasteiger partial charge in [0.2, 0.25) is 0 Å². The Morgan fingerprint density at radius 1 is 1.38 bits per heavy atom. The second kappa shape index (κ2) is 5.37. The van der Waals surface area contributed by atoms with Crippen molar-refractivity contribution in [3.8, 4) is 0 Å². The first-order valence-corrected chi connectivity index (χ1v) is 5.57. The number of hydrogen-bond donors (Lipinski definition) is 3. The molecule has 0 aliphatic rings. The molecule has 0 atom stereocenters. The average Bonchev–Trinajstić information content (AvgIpc) is 2.27. The minimum absolute atomic E-state index is 0.0445. The molecule has 0 spiro atoms. The number of aliphatic hydroxyl groups is 1. The Morgan fingerprint density at radius 3 is 2.44 bits per heavy atom. The standard InChI is InChI=1S/C12H17NO2S/c1-12(2,8-14)7-13-11(15)9-3-5-10(16)6-4-9/h3-6,14,16H,7-8H2,1-2H3,(H,13,15). The summed E-state index contributed by atoms with van der Waals surface area (Å²) in [5, 5.41) is 11.8. The zero-order chi connectivity index (χ0) is 12.2. The largest absolute Gasteiger partial charge is 0.396 e. The van der Waals surface area contributed by atoms with E-state index in [1.807, 2.05) is 13.8 Å². The summed E-state index contributed by atoms with van der Waals surface area (Å²) in [5.41, 5.74) is 0.311. The van der Waals surface area contributed by atoms with Crippen molar-refractivity contribution >= 4 is 18.5 Å². The molecule has 0 aliphatic carbocycles. The van der Waals surface area contributed by atoms with Crippen LogP contribution in [0.3, 0.4) is 0 Å². The lowest BCUT2D eigenvalue weighted by Crippen LogP contribution is -2.36. The van der Waals surface area contributed by atoms with Gasteiger partial charge in [0.25, 0.3) is 5.91 Å². The van der Waals surface area contributed by atoms with Gasteiger partial charge < -0.3 is 10.4 Å². The smallest absolute Gasteiger partial charge is 0.251 e. The van der Waals surface area contributed by atoms with Gasteiger partial charge in [-0.2, -0.15) is 0 Å². The molecule has 2 N–H and O–H groups in total. The van der Waals surface area contributed by atoms with E-state index in [1.165, 1.54) is 0 Å². The summed E-state index contributed by atoms with van der Waals surface area (Å²) in [6.45, 7) is 4.28. The molecule has 1 rings (SSSR count). The highest BCUT2D eigenvalue weighted by molar-refractivity contribution is 7.80. The monoisotopic (exact) mass is 239 g/mol. The van der Waals surface area contributed by atoms with Gasteiger partial charge in [-0.1, -0.05) is 13.8 Å². The van der Waals surface area contributed by atoms with Crippen molar-refractivity contribution in [2.45, 2.75) is 18.7 Å². The van der Waals surface area contributed by atoms with Crippen molar-refractivity contribution in [3.05, 3.63) is 29.8 Å². The molecule has 0 saturated heterocycles. The maximum absolute atomic E-state index is 11.7. The summed E-state index contributed by atoms with van der Waals surface area (Å²) >= 11 is 4.15. The number of carbonyl (C=O) groups excluding carboxylic acids is 1. The second-order valence-electron chi connectivity index (χ2n) is 4.55. The number of thiol groups is 1. The lowest BCUT2D eigenvalue weighted by Gasteiger charge is -2.21. The van der Waals surface area contributed by atoms with Gasteiger partial charge in [-0.25, -0.2) is 0 Å². The van der Waals surface area contributed by atoms with Crippen LogP contribution in [0, 0.1) is 5.41 Å². The van der Waals surface area contributed by atoms with Crippen molar-refractivity contribution in [2.75, 3.05) is 13.2 Å². The number of hydrogen-bond acceptors (Lipinski definition) is 3. The van der Waals surface area contributed by atoms with E-state index >= 15 is 0 Å². The summed E-state index contributed by atoms with van der Waals surface area (Å²) in [7, 11) is 0. The number of rotatable bonds is 4. The predicted octanol–water partition coefficient (Wildman–Crippen LogP) is 1.72. The molecule has 3 nitrogen and oxygen atoms in total. The van der Waals surface area contributed by atoms with Gasteiger partial charge in [0.05, 0.1) is 0 Å². The van der Waals surface area contributed by atoms with Gasteiger partial charge in [0.1, 0.15) is 0 Å². The van der Waals surface area contributed by atoms with E-state index in [0.29, 0.717) is 12.1 Å². The number of amides is 1. The zero-order valence-corrected chi connectivity index (χ0v) is 10.4. The van der Waals surface area contributed by atoms with E-state index in [1.54, 1.807) is 24.3 Å². The molecule has 4 heteroatoms. The highest BCUT2D eigenvalue weighted by atomic mass is 32.1. The Hall–Kier alpha value is -1.00. The molecule has 1 aromatic carbocycles. The minimum Gasteiger partial charge on any atom is -0.396 e. The first-order valence-electron chi connectivity index (χ1n) is 5.13. The summed E-state index contributed by atoms with van der Waals surface area (Å²) in [5.74, 6) is -0.130. The van der Waals surface area contributed by atoms with E-state index in [9.17, 15) is 4.79 Å². The van der Waals surface area contributed by atoms with E-state index in [-0.39, 0.29) is 17.9 Å². The summed E-state index contributed by atoms with van der Waals surface area (Å²) < 4.78 is 0. The normalized spacial score (nSPS) is 11.2. The van der Waals surface area contributed by atoms with Crippen molar-refractivity contribution < 1.29 is 9.90 Å². The quantitative estimate of drug-likeness (QED) is 0.701. The Labute approximate surface area is 101 Å². The highest BCUT2D eigenvalue weighted by Gasteiger charge is 2.17. The predicted molar refractivity (Wildman–Crippen MR) is 66.9 cm³/mol. The van der Waals surface area contributed by atoms with Crippen LogP contribution in [-0.2, 0) is 0 Å². The Kier molecular flexibility index (Phi) is 4.38. The molecular formula is C12H17NO2S. The molecule has 88 valence electrons. The molecule has 0 heterocycles. The maximum atomic E-state index is 11.7. The van der Waals surface area contributed by atoms with E-state index < -0.39 is 0 Å². The van der Waals surface area contributed by atoms with Crippen LogP contribution in [0.2, 0.25) is 0 Å². The van der Waals surface area contributed by atoms with Gasteiger partial charge in [-0.05, 0) is 24.3 Å². The third kappa shape index (κ3) is 3.87. The van der Waals surface area contributed by atoms with Gasteiger partial charge in [-0.3, -0.25) is 4.79 Å². The van der Waals surface area contributed by atoms with Crippen molar-refractivity contribution in [2.24, 2.45) is 5.41 Å². The van der Waals surface area contributed by atoms with Crippen molar-refractivity contribution in [1.29, 1.82) is 0 Å². The van der Waals surface area contributed by atoms with Crippen LogP contribution in [0.1, 0.15) is 24.2 Å². The van der Waals surface area contributed by atoms with Gasteiger partial charge in [0, 0.05) is 29.0 Å². The zero-order valence-electron chi connectivity index (χ0n) is 9.53. The molecular weight excluding hydrogens is 222 g/mol. The molecule has 0 aliphatic heterocycles. The Bertz CT molecular complexity index is 360. The van der Waals surface area contributed by atoms with Gasteiger partial charge in [0.15, 0.2) is 0 Å². The number of benzene rings is 1. The second-order valence-corrected chi connectivity index (χ2v) is 5.07. The van der Waals surface area contributed by atoms with E-state index in [2.05, 4.69) is 17.9 Å². The third-order valence-corrected chi connectivity index (χ3v) is 2.58. The first kappa shape index (κ1) is 13.1. The molecule has 16 heavy (non-hydrogen) atoms. The molecule has 0 radical (unpaired) electrons. The molecule has 1 amide bonds. The van der Waals surface area contributed by atoms with Crippen LogP contribution in [0.4, 0.5) is 0 Å². The topological polar surface area (TPSA) is 49.3 Å². The van der Waals surface area contributed by atoms with Crippen LogP contribution >= 0.6 is 12.6 Å². The Balaban J connectivity index is 2.56.